The first-order valence-electron chi connectivity index (χ1n) is 4.29. The molecule has 0 heterocycles. The number of rotatable bonds is 3. The van der Waals surface area contributed by atoms with Crippen LogP contribution in [0.15, 0.2) is 30.3 Å². The summed E-state index contributed by atoms with van der Waals surface area (Å²) in [6, 6.07) is 9.98. The molecule has 2 heteroatoms. The number of hydrogen-bond donors (Lipinski definition) is 2. The van der Waals surface area contributed by atoms with Crippen LogP contribution in [-0.4, -0.2) is 18.8 Å². The molecule has 1 nitrogen and oxygen atoms in total. The molecule has 0 aliphatic carbocycles. The Morgan fingerprint density at radius 3 is 2.69 bits per heavy atom. The summed E-state index contributed by atoms with van der Waals surface area (Å²) in [5.41, 5.74) is 1.06. The summed E-state index contributed by atoms with van der Waals surface area (Å²) in [4.78, 5) is 0. The third-order valence-corrected chi connectivity index (χ3v) is 1.73. The molecule has 0 aromatic heterocycles. The monoisotopic (exact) mass is 191 g/mol. The average molecular weight is 191 g/mol. The van der Waals surface area contributed by atoms with Crippen LogP contribution in [0.2, 0.25) is 0 Å². The van der Waals surface area contributed by atoms with E-state index in [-0.39, 0.29) is 0 Å². The van der Waals surface area contributed by atoms with Gasteiger partial charge in [-0.3, -0.25) is 0 Å². The molecule has 0 radical (unpaired) electrons. The first-order chi connectivity index (χ1) is 6.43. The van der Waals surface area contributed by atoms with Crippen molar-refractivity contribution in [3.8, 4) is 11.8 Å². The molecule has 0 atom stereocenters. The van der Waals surface area contributed by atoms with Gasteiger partial charge in [0.2, 0.25) is 0 Å². The largest absolute Gasteiger partial charge is 0.305 e. The normalized spacial score (nSPS) is 9.00. The molecule has 0 aliphatic rings. The Hall–Kier alpha value is -0.910. The molecule has 1 N–H and O–H groups in total. The molecule has 1 aromatic carbocycles. The highest BCUT2D eigenvalue weighted by Crippen LogP contribution is 1.93. The zero-order valence-corrected chi connectivity index (χ0v) is 8.35. The van der Waals surface area contributed by atoms with Crippen LogP contribution in [0.4, 0.5) is 0 Å². The van der Waals surface area contributed by atoms with Gasteiger partial charge in [0.1, 0.15) is 0 Å². The lowest BCUT2D eigenvalue weighted by atomic mass is 10.2. The van der Waals surface area contributed by atoms with Gasteiger partial charge in [0.05, 0.1) is 6.54 Å². The maximum atomic E-state index is 4.08. The van der Waals surface area contributed by atoms with E-state index in [1.165, 1.54) is 0 Å². The molecule has 0 spiro atoms. The van der Waals surface area contributed by atoms with Crippen molar-refractivity contribution in [3.05, 3.63) is 35.9 Å². The van der Waals surface area contributed by atoms with Crippen LogP contribution < -0.4 is 5.32 Å². The molecule has 68 valence electrons. The van der Waals surface area contributed by atoms with Crippen molar-refractivity contribution in [1.82, 2.24) is 5.32 Å². The third kappa shape index (κ3) is 4.62. The standard InChI is InChI=1S/C11H13NS/c13-10-9-12-8-4-7-11-5-2-1-3-6-11/h1-3,5-6,12-13H,8-10H2. The van der Waals surface area contributed by atoms with Gasteiger partial charge in [0.25, 0.3) is 0 Å². The van der Waals surface area contributed by atoms with Gasteiger partial charge in [-0.2, -0.15) is 12.6 Å². The van der Waals surface area contributed by atoms with Gasteiger partial charge in [0.15, 0.2) is 0 Å². The molecule has 0 saturated carbocycles. The quantitative estimate of drug-likeness (QED) is 0.420. The average Bonchev–Trinajstić information content (AvgIpc) is 2.19. The van der Waals surface area contributed by atoms with Gasteiger partial charge in [-0.15, -0.1) is 0 Å². The van der Waals surface area contributed by atoms with Crippen LogP contribution in [0.1, 0.15) is 5.56 Å². The molecule has 0 bridgehead atoms. The zero-order valence-electron chi connectivity index (χ0n) is 7.46. The van der Waals surface area contributed by atoms with Crippen molar-refractivity contribution in [1.29, 1.82) is 0 Å². The number of benzene rings is 1. The van der Waals surface area contributed by atoms with Gasteiger partial charge in [0, 0.05) is 17.9 Å². The van der Waals surface area contributed by atoms with E-state index in [9.17, 15) is 0 Å². The van der Waals surface area contributed by atoms with E-state index in [4.69, 9.17) is 0 Å². The van der Waals surface area contributed by atoms with Crippen molar-refractivity contribution in [2.75, 3.05) is 18.8 Å². The minimum atomic E-state index is 0.732. The lowest BCUT2D eigenvalue weighted by molar-refractivity contribution is 0.819. The highest BCUT2D eigenvalue weighted by Gasteiger charge is 1.81. The summed E-state index contributed by atoms with van der Waals surface area (Å²) < 4.78 is 0. The van der Waals surface area contributed by atoms with E-state index in [1.807, 2.05) is 30.3 Å². The second kappa shape index (κ2) is 6.59. The number of thiol groups is 1. The summed E-state index contributed by atoms with van der Waals surface area (Å²) in [7, 11) is 0. The van der Waals surface area contributed by atoms with E-state index in [1.54, 1.807) is 0 Å². The van der Waals surface area contributed by atoms with Crippen LogP contribution in [0.25, 0.3) is 0 Å². The lowest BCUT2D eigenvalue weighted by Crippen LogP contribution is -2.16. The van der Waals surface area contributed by atoms with Gasteiger partial charge in [-0.05, 0) is 12.1 Å². The van der Waals surface area contributed by atoms with Crippen molar-refractivity contribution in [2.24, 2.45) is 0 Å². The summed E-state index contributed by atoms with van der Waals surface area (Å²) in [6.07, 6.45) is 0. The minimum absolute atomic E-state index is 0.732. The molecule has 1 aromatic rings. The SMILES string of the molecule is SCCNCC#Cc1ccccc1. The molecule has 0 aliphatic heterocycles. The predicted molar refractivity (Wildman–Crippen MR) is 60.0 cm³/mol. The Kier molecular flexibility index (Phi) is 5.16. The Balaban J connectivity index is 2.31. The Morgan fingerprint density at radius 2 is 2.00 bits per heavy atom. The van der Waals surface area contributed by atoms with Crippen LogP contribution >= 0.6 is 12.6 Å². The minimum Gasteiger partial charge on any atom is -0.305 e. The number of hydrogen-bond acceptors (Lipinski definition) is 2. The van der Waals surface area contributed by atoms with Crippen molar-refractivity contribution in [2.45, 2.75) is 0 Å². The highest BCUT2D eigenvalue weighted by atomic mass is 32.1. The Morgan fingerprint density at radius 1 is 1.23 bits per heavy atom. The molecule has 1 rings (SSSR count). The zero-order chi connectivity index (χ0) is 9.36. The molecule has 0 fully saturated rings. The summed E-state index contributed by atoms with van der Waals surface area (Å²) >= 11 is 4.08. The molecular formula is C11H13NS. The van der Waals surface area contributed by atoms with Gasteiger partial charge >= 0.3 is 0 Å². The van der Waals surface area contributed by atoms with E-state index in [0.29, 0.717) is 0 Å². The first-order valence-corrected chi connectivity index (χ1v) is 4.92. The lowest BCUT2D eigenvalue weighted by Gasteiger charge is -1.93. The van der Waals surface area contributed by atoms with Crippen molar-refractivity contribution >= 4 is 12.6 Å². The second-order valence-electron chi connectivity index (χ2n) is 2.57. The summed E-state index contributed by atoms with van der Waals surface area (Å²) in [5.74, 6) is 6.96. The van der Waals surface area contributed by atoms with Gasteiger partial charge in [-0.25, -0.2) is 0 Å². The van der Waals surface area contributed by atoms with Crippen LogP contribution in [0.3, 0.4) is 0 Å². The topological polar surface area (TPSA) is 12.0 Å². The highest BCUT2D eigenvalue weighted by molar-refractivity contribution is 7.80. The molecule has 0 amide bonds. The fraction of sp³-hybridized carbons (Fsp3) is 0.273. The van der Waals surface area contributed by atoms with Gasteiger partial charge < -0.3 is 5.32 Å². The molecular weight excluding hydrogens is 178 g/mol. The fourth-order valence-corrected chi connectivity index (χ4v) is 1.06. The maximum Gasteiger partial charge on any atom is 0.0580 e. The smallest absolute Gasteiger partial charge is 0.0580 e. The van der Waals surface area contributed by atoms with Crippen LogP contribution in [0.5, 0.6) is 0 Å². The molecule has 13 heavy (non-hydrogen) atoms. The molecule has 0 unspecified atom stereocenters. The fourth-order valence-electron chi connectivity index (χ4n) is 0.898. The van der Waals surface area contributed by atoms with E-state index >= 15 is 0 Å². The summed E-state index contributed by atoms with van der Waals surface area (Å²) in [6.45, 7) is 1.64. The first kappa shape index (κ1) is 10.2. The second-order valence-corrected chi connectivity index (χ2v) is 3.02. The van der Waals surface area contributed by atoms with E-state index in [2.05, 4.69) is 29.8 Å². The molecule has 0 saturated heterocycles. The summed E-state index contributed by atoms with van der Waals surface area (Å²) in [5, 5.41) is 3.16. The Bertz CT molecular complexity index is 284. The van der Waals surface area contributed by atoms with Crippen LogP contribution in [-0.2, 0) is 0 Å². The van der Waals surface area contributed by atoms with Crippen molar-refractivity contribution in [3.63, 3.8) is 0 Å². The van der Waals surface area contributed by atoms with Gasteiger partial charge in [-0.1, -0.05) is 30.0 Å². The predicted octanol–water partition coefficient (Wildman–Crippen LogP) is 1.56. The Labute approximate surface area is 85.0 Å². The van der Waals surface area contributed by atoms with E-state index < -0.39 is 0 Å². The van der Waals surface area contributed by atoms with Crippen molar-refractivity contribution < 1.29 is 0 Å². The maximum absolute atomic E-state index is 4.08. The third-order valence-electron chi connectivity index (χ3n) is 1.51. The van der Waals surface area contributed by atoms with E-state index in [0.717, 1.165) is 24.4 Å². The number of nitrogens with one attached hydrogen (secondary N) is 1. The van der Waals surface area contributed by atoms with Crippen LogP contribution in [0, 0.1) is 11.8 Å².